The number of hydrogen-bond donors (Lipinski definition) is 1. The van der Waals surface area contributed by atoms with Crippen LogP contribution in [0.5, 0.6) is 0 Å². The molecule has 0 saturated carbocycles. The molecule has 126 valence electrons. The molecule has 0 aromatic heterocycles. The molecule has 2 aromatic rings. The van der Waals surface area contributed by atoms with Crippen LogP contribution in [-0.2, 0) is 4.79 Å². The lowest BCUT2D eigenvalue weighted by Crippen LogP contribution is -2.35. The van der Waals surface area contributed by atoms with Gasteiger partial charge in [0, 0.05) is 0 Å². The summed E-state index contributed by atoms with van der Waals surface area (Å²) in [6.07, 6.45) is -1.18. The van der Waals surface area contributed by atoms with E-state index in [2.05, 4.69) is 0 Å². The van der Waals surface area contributed by atoms with Gasteiger partial charge < -0.3 is 4.90 Å². The molecular formula is C17H11ClFN3O3. The third-order valence-corrected chi connectivity index (χ3v) is 4.15. The zero-order valence-corrected chi connectivity index (χ0v) is 13.4. The summed E-state index contributed by atoms with van der Waals surface area (Å²) in [4.78, 5) is 25.7. The van der Waals surface area contributed by atoms with Gasteiger partial charge in [0.05, 0.1) is 22.2 Å². The number of benzene rings is 2. The fourth-order valence-electron chi connectivity index (χ4n) is 2.69. The highest BCUT2D eigenvalue weighted by Crippen LogP contribution is 2.33. The molecule has 2 aromatic carbocycles. The number of halogens is 2. The lowest BCUT2D eigenvalue weighted by Gasteiger charge is -2.27. The third-order valence-electron chi connectivity index (χ3n) is 3.84. The molecule has 0 spiro atoms. The Hall–Kier alpha value is -2.95. The summed E-state index contributed by atoms with van der Waals surface area (Å²) >= 11 is 5.93. The van der Waals surface area contributed by atoms with Crippen molar-refractivity contribution >= 4 is 23.4 Å². The second-order valence-electron chi connectivity index (χ2n) is 5.38. The second kappa shape index (κ2) is 6.51. The fraction of sp³-hybridized carbons (Fsp3) is 0.118. The average molecular weight is 360 g/mol. The van der Waals surface area contributed by atoms with Crippen molar-refractivity contribution in [2.75, 3.05) is 6.54 Å². The standard InChI is InChI=1S/C17H11ClFN3O3/c18-12-5-2-6-13(19)15(12)17(24)21-9-14(23)22(25)16(21)11-4-1-3-10(7-11)8-20/h1-7,16,25H,9H2. The summed E-state index contributed by atoms with van der Waals surface area (Å²) in [5, 5.41) is 19.4. The van der Waals surface area contributed by atoms with Crippen LogP contribution >= 0.6 is 11.6 Å². The first-order valence-electron chi connectivity index (χ1n) is 7.20. The number of carbonyl (C=O) groups is 2. The summed E-state index contributed by atoms with van der Waals surface area (Å²) in [7, 11) is 0. The Morgan fingerprint density at radius 3 is 2.72 bits per heavy atom. The largest absolute Gasteiger partial charge is 0.302 e. The monoisotopic (exact) mass is 359 g/mol. The first-order valence-corrected chi connectivity index (χ1v) is 7.58. The summed E-state index contributed by atoms with van der Waals surface area (Å²) < 4.78 is 14.1. The van der Waals surface area contributed by atoms with Gasteiger partial charge in [0.25, 0.3) is 11.8 Å². The highest BCUT2D eigenvalue weighted by molar-refractivity contribution is 6.33. The van der Waals surface area contributed by atoms with E-state index >= 15 is 0 Å². The number of rotatable bonds is 2. The van der Waals surface area contributed by atoms with Gasteiger partial charge in [-0.15, -0.1) is 0 Å². The van der Waals surface area contributed by atoms with E-state index < -0.39 is 30.3 Å². The van der Waals surface area contributed by atoms with Crippen LogP contribution < -0.4 is 0 Å². The van der Waals surface area contributed by atoms with Crippen molar-refractivity contribution < 1.29 is 19.2 Å². The number of amides is 2. The van der Waals surface area contributed by atoms with Gasteiger partial charge in [0.2, 0.25) is 0 Å². The Morgan fingerprint density at radius 1 is 1.32 bits per heavy atom. The minimum absolute atomic E-state index is 0.0987. The molecule has 1 aliphatic rings. The van der Waals surface area contributed by atoms with Crippen LogP contribution in [0.25, 0.3) is 0 Å². The molecule has 0 bridgehead atoms. The van der Waals surface area contributed by atoms with Crippen molar-refractivity contribution in [2.45, 2.75) is 6.17 Å². The van der Waals surface area contributed by atoms with Gasteiger partial charge in [-0.3, -0.25) is 14.8 Å². The predicted molar refractivity (Wildman–Crippen MR) is 85.0 cm³/mol. The molecule has 1 saturated heterocycles. The Bertz CT molecular complexity index is 892. The third kappa shape index (κ3) is 2.93. The Balaban J connectivity index is 2.06. The summed E-state index contributed by atoms with van der Waals surface area (Å²) in [6.45, 7) is -0.443. The van der Waals surface area contributed by atoms with Crippen LogP contribution in [0.4, 0.5) is 4.39 Å². The van der Waals surface area contributed by atoms with Crippen molar-refractivity contribution in [3.63, 3.8) is 0 Å². The maximum absolute atomic E-state index is 14.1. The molecule has 0 aliphatic carbocycles. The van der Waals surface area contributed by atoms with Crippen molar-refractivity contribution in [3.8, 4) is 6.07 Å². The summed E-state index contributed by atoms with van der Waals surface area (Å²) in [5.41, 5.74) is 0.253. The number of nitriles is 1. The van der Waals surface area contributed by atoms with Crippen molar-refractivity contribution in [3.05, 3.63) is 70.0 Å². The van der Waals surface area contributed by atoms with E-state index in [4.69, 9.17) is 16.9 Å². The maximum Gasteiger partial charge on any atom is 0.267 e. The zero-order valence-electron chi connectivity index (χ0n) is 12.7. The van der Waals surface area contributed by atoms with E-state index in [0.29, 0.717) is 16.2 Å². The molecule has 2 amide bonds. The van der Waals surface area contributed by atoms with Crippen LogP contribution in [0, 0.1) is 17.1 Å². The molecule has 3 rings (SSSR count). The van der Waals surface area contributed by atoms with E-state index in [1.54, 1.807) is 18.2 Å². The molecule has 6 nitrogen and oxygen atoms in total. The molecule has 1 fully saturated rings. The quantitative estimate of drug-likeness (QED) is 0.835. The number of carbonyl (C=O) groups excluding carboxylic acids is 2. The Kier molecular flexibility index (Phi) is 4.40. The SMILES string of the molecule is N#Cc1cccc(C2N(O)C(=O)CN2C(=O)c2c(F)cccc2Cl)c1. The van der Waals surface area contributed by atoms with Gasteiger partial charge in [0.15, 0.2) is 6.17 Å². The molecule has 1 N–H and O–H groups in total. The van der Waals surface area contributed by atoms with Crippen LogP contribution in [0.15, 0.2) is 42.5 Å². The second-order valence-corrected chi connectivity index (χ2v) is 5.79. The van der Waals surface area contributed by atoms with Gasteiger partial charge in [-0.2, -0.15) is 10.3 Å². The highest BCUT2D eigenvalue weighted by Gasteiger charge is 2.42. The first kappa shape index (κ1) is 16.9. The Morgan fingerprint density at radius 2 is 2.04 bits per heavy atom. The van der Waals surface area contributed by atoms with E-state index in [1.807, 2.05) is 6.07 Å². The maximum atomic E-state index is 14.1. The van der Waals surface area contributed by atoms with E-state index in [-0.39, 0.29) is 10.6 Å². The molecule has 1 heterocycles. The topological polar surface area (TPSA) is 84.6 Å². The smallest absolute Gasteiger partial charge is 0.267 e. The van der Waals surface area contributed by atoms with Crippen LogP contribution in [0.1, 0.15) is 27.7 Å². The molecule has 25 heavy (non-hydrogen) atoms. The highest BCUT2D eigenvalue weighted by atomic mass is 35.5. The minimum atomic E-state index is -1.18. The molecule has 8 heteroatoms. The summed E-state index contributed by atoms with van der Waals surface area (Å²) in [6, 6.07) is 11.8. The van der Waals surface area contributed by atoms with Crippen molar-refractivity contribution in [1.82, 2.24) is 9.96 Å². The van der Waals surface area contributed by atoms with E-state index in [1.165, 1.54) is 18.2 Å². The molecule has 1 atom stereocenters. The lowest BCUT2D eigenvalue weighted by atomic mass is 10.1. The van der Waals surface area contributed by atoms with Gasteiger partial charge in [-0.25, -0.2) is 4.39 Å². The minimum Gasteiger partial charge on any atom is -0.302 e. The van der Waals surface area contributed by atoms with Crippen LogP contribution in [0.3, 0.4) is 0 Å². The van der Waals surface area contributed by atoms with Crippen molar-refractivity contribution in [1.29, 1.82) is 5.26 Å². The van der Waals surface area contributed by atoms with Crippen molar-refractivity contribution in [2.24, 2.45) is 0 Å². The van der Waals surface area contributed by atoms with Gasteiger partial charge in [0.1, 0.15) is 12.4 Å². The van der Waals surface area contributed by atoms with Crippen LogP contribution in [0.2, 0.25) is 5.02 Å². The van der Waals surface area contributed by atoms with Gasteiger partial charge >= 0.3 is 0 Å². The number of hydroxylamine groups is 2. The molecule has 0 radical (unpaired) electrons. The fourth-order valence-corrected chi connectivity index (χ4v) is 2.94. The normalized spacial score (nSPS) is 16.9. The Labute approximate surface area is 147 Å². The number of nitrogens with zero attached hydrogens (tertiary/aromatic N) is 3. The lowest BCUT2D eigenvalue weighted by molar-refractivity contribution is -0.168. The van der Waals surface area contributed by atoms with Crippen LogP contribution in [-0.4, -0.2) is 33.5 Å². The first-order chi connectivity index (χ1) is 11.9. The number of hydrogen-bond acceptors (Lipinski definition) is 4. The average Bonchev–Trinajstić information content (AvgIpc) is 2.90. The summed E-state index contributed by atoms with van der Waals surface area (Å²) in [5.74, 6) is -2.39. The van der Waals surface area contributed by atoms with Gasteiger partial charge in [-0.05, 0) is 29.8 Å². The molecule has 1 unspecified atom stereocenters. The predicted octanol–water partition coefficient (Wildman–Crippen LogP) is 2.72. The van der Waals surface area contributed by atoms with Gasteiger partial charge in [-0.1, -0.05) is 29.8 Å². The molecule has 1 aliphatic heterocycles. The van der Waals surface area contributed by atoms with E-state index in [0.717, 1.165) is 11.0 Å². The zero-order chi connectivity index (χ0) is 18.1. The molecular weight excluding hydrogens is 349 g/mol. The van der Waals surface area contributed by atoms with E-state index in [9.17, 15) is 19.2 Å².